The number of aromatic nitrogens is 1. The van der Waals surface area contributed by atoms with E-state index in [2.05, 4.69) is 27.9 Å². The maximum absolute atomic E-state index is 12.5. The predicted molar refractivity (Wildman–Crippen MR) is 97.6 cm³/mol. The molecular formula is C18H15IN2O. The van der Waals surface area contributed by atoms with Crippen LogP contribution in [-0.4, -0.2) is 10.5 Å². The van der Waals surface area contributed by atoms with Crippen LogP contribution in [0.25, 0.3) is 5.69 Å². The van der Waals surface area contributed by atoms with Crippen molar-refractivity contribution in [2.75, 3.05) is 5.32 Å². The fourth-order valence-corrected chi connectivity index (χ4v) is 2.80. The van der Waals surface area contributed by atoms with Crippen LogP contribution >= 0.6 is 22.6 Å². The molecular weight excluding hydrogens is 387 g/mol. The minimum absolute atomic E-state index is 0.0995. The SMILES string of the molecule is Cc1ccc(C(=O)Nc2ccccc2I)cc1-n1cccc1. The Morgan fingerprint density at radius 1 is 1.05 bits per heavy atom. The number of nitrogens with zero attached hydrogens (tertiary/aromatic N) is 1. The molecule has 0 atom stereocenters. The van der Waals surface area contributed by atoms with Crippen LogP contribution in [0.1, 0.15) is 15.9 Å². The molecule has 0 saturated carbocycles. The third-order valence-electron chi connectivity index (χ3n) is 3.48. The van der Waals surface area contributed by atoms with Crippen LogP contribution in [0, 0.1) is 10.5 Å². The second-order valence-corrected chi connectivity index (χ2v) is 6.19. The standard InChI is InChI=1S/C18H15IN2O/c1-13-8-9-14(12-17(13)21-10-4-5-11-21)18(22)20-16-7-3-2-6-15(16)19/h2-12H,1H3,(H,20,22). The zero-order chi connectivity index (χ0) is 15.5. The van der Waals surface area contributed by atoms with E-state index in [1.165, 1.54) is 0 Å². The molecule has 3 aromatic rings. The lowest BCUT2D eigenvalue weighted by molar-refractivity contribution is 0.102. The maximum atomic E-state index is 12.5. The maximum Gasteiger partial charge on any atom is 0.255 e. The smallest absolute Gasteiger partial charge is 0.255 e. The number of hydrogen-bond donors (Lipinski definition) is 1. The second-order valence-electron chi connectivity index (χ2n) is 5.03. The lowest BCUT2D eigenvalue weighted by atomic mass is 10.1. The van der Waals surface area contributed by atoms with Gasteiger partial charge in [0.2, 0.25) is 0 Å². The van der Waals surface area contributed by atoms with Crippen LogP contribution in [-0.2, 0) is 0 Å². The molecule has 0 fully saturated rings. The molecule has 0 radical (unpaired) electrons. The predicted octanol–water partition coefficient (Wildman–Crippen LogP) is 4.64. The van der Waals surface area contributed by atoms with Crippen molar-refractivity contribution >= 4 is 34.2 Å². The number of rotatable bonds is 3. The molecule has 1 aromatic heterocycles. The largest absolute Gasteiger partial charge is 0.324 e. The van der Waals surface area contributed by atoms with Crippen molar-refractivity contribution in [2.45, 2.75) is 6.92 Å². The van der Waals surface area contributed by atoms with E-state index >= 15 is 0 Å². The van der Waals surface area contributed by atoms with Crippen LogP contribution in [0.3, 0.4) is 0 Å². The van der Waals surface area contributed by atoms with Gasteiger partial charge < -0.3 is 9.88 Å². The van der Waals surface area contributed by atoms with E-state index in [4.69, 9.17) is 0 Å². The van der Waals surface area contributed by atoms with Gasteiger partial charge in [0, 0.05) is 27.2 Å². The Morgan fingerprint density at radius 2 is 1.77 bits per heavy atom. The molecule has 1 amide bonds. The average Bonchev–Trinajstić information content (AvgIpc) is 3.04. The van der Waals surface area contributed by atoms with E-state index in [0.29, 0.717) is 5.56 Å². The first kappa shape index (κ1) is 14.8. The van der Waals surface area contributed by atoms with Gasteiger partial charge in [-0.25, -0.2) is 0 Å². The molecule has 0 bridgehead atoms. The van der Waals surface area contributed by atoms with E-state index in [9.17, 15) is 4.79 Å². The number of anilines is 1. The molecule has 0 aliphatic rings. The number of hydrogen-bond acceptors (Lipinski definition) is 1. The highest BCUT2D eigenvalue weighted by Gasteiger charge is 2.10. The zero-order valence-corrected chi connectivity index (χ0v) is 14.2. The minimum Gasteiger partial charge on any atom is -0.324 e. The number of carbonyl (C=O) groups is 1. The van der Waals surface area contributed by atoms with Crippen LogP contribution in [0.15, 0.2) is 67.0 Å². The average molecular weight is 402 g/mol. The van der Waals surface area contributed by atoms with Gasteiger partial charge in [-0.2, -0.15) is 0 Å². The number of nitrogens with one attached hydrogen (secondary N) is 1. The first-order chi connectivity index (χ1) is 10.6. The van der Waals surface area contributed by atoms with Gasteiger partial charge in [-0.1, -0.05) is 18.2 Å². The number of para-hydroxylation sites is 1. The molecule has 0 aliphatic carbocycles. The molecule has 0 aliphatic heterocycles. The van der Waals surface area contributed by atoms with Gasteiger partial charge in [0.25, 0.3) is 5.91 Å². The highest BCUT2D eigenvalue weighted by molar-refractivity contribution is 14.1. The molecule has 1 heterocycles. The lowest BCUT2D eigenvalue weighted by Gasteiger charge is -2.11. The summed E-state index contributed by atoms with van der Waals surface area (Å²) < 4.78 is 3.03. The zero-order valence-electron chi connectivity index (χ0n) is 12.1. The van der Waals surface area contributed by atoms with Gasteiger partial charge >= 0.3 is 0 Å². The van der Waals surface area contributed by atoms with Crippen molar-refractivity contribution in [1.29, 1.82) is 0 Å². The Hall–Kier alpha value is -2.08. The fraction of sp³-hybridized carbons (Fsp3) is 0.0556. The van der Waals surface area contributed by atoms with Crippen molar-refractivity contribution in [3.05, 3.63) is 81.7 Å². The summed E-state index contributed by atoms with van der Waals surface area (Å²) in [5.74, 6) is -0.0995. The van der Waals surface area contributed by atoms with Crippen LogP contribution < -0.4 is 5.32 Å². The molecule has 3 rings (SSSR count). The molecule has 4 heteroatoms. The molecule has 3 nitrogen and oxygen atoms in total. The topological polar surface area (TPSA) is 34.0 Å². The summed E-state index contributed by atoms with van der Waals surface area (Å²) >= 11 is 2.21. The molecule has 2 aromatic carbocycles. The van der Waals surface area contributed by atoms with E-state index in [0.717, 1.165) is 20.5 Å². The van der Waals surface area contributed by atoms with Gasteiger partial charge in [-0.3, -0.25) is 4.79 Å². The quantitative estimate of drug-likeness (QED) is 0.637. The third-order valence-corrected chi connectivity index (χ3v) is 4.42. The molecule has 0 saturated heterocycles. The Bertz CT molecular complexity index is 810. The number of halogens is 1. The molecule has 110 valence electrons. The Balaban J connectivity index is 1.91. The van der Waals surface area contributed by atoms with Crippen LogP contribution in [0.4, 0.5) is 5.69 Å². The minimum atomic E-state index is -0.0995. The molecule has 0 unspecified atom stereocenters. The van der Waals surface area contributed by atoms with E-state index in [1.54, 1.807) is 0 Å². The van der Waals surface area contributed by atoms with Gasteiger partial charge in [-0.15, -0.1) is 0 Å². The van der Waals surface area contributed by atoms with E-state index in [1.807, 2.05) is 78.5 Å². The van der Waals surface area contributed by atoms with E-state index in [-0.39, 0.29) is 5.91 Å². The number of benzene rings is 2. The van der Waals surface area contributed by atoms with Gasteiger partial charge in [0.15, 0.2) is 0 Å². The van der Waals surface area contributed by atoms with Crippen molar-refractivity contribution < 1.29 is 4.79 Å². The summed E-state index contributed by atoms with van der Waals surface area (Å²) in [5, 5.41) is 2.96. The van der Waals surface area contributed by atoms with Gasteiger partial charge in [0.1, 0.15) is 0 Å². The van der Waals surface area contributed by atoms with Crippen LogP contribution in [0.5, 0.6) is 0 Å². The summed E-state index contributed by atoms with van der Waals surface area (Å²) in [6.45, 7) is 2.04. The number of amides is 1. The number of aryl methyl sites for hydroxylation is 1. The van der Waals surface area contributed by atoms with Crippen molar-refractivity contribution in [1.82, 2.24) is 4.57 Å². The van der Waals surface area contributed by atoms with Crippen molar-refractivity contribution in [3.8, 4) is 5.69 Å². The summed E-state index contributed by atoms with van der Waals surface area (Å²) in [5.41, 5.74) is 3.62. The summed E-state index contributed by atoms with van der Waals surface area (Å²) in [7, 11) is 0. The summed E-state index contributed by atoms with van der Waals surface area (Å²) in [4.78, 5) is 12.5. The van der Waals surface area contributed by atoms with E-state index < -0.39 is 0 Å². The van der Waals surface area contributed by atoms with Gasteiger partial charge in [0.05, 0.1) is 5.69 Å². The number of carbonyl (C=O) groups excluding carboxylic acids is 1. The summed E-state index contributed by atoms with van der Waals surface area (Å²) in [6, 6.07) is 17.4. The Labute approximate surface area is 143 Å². The molecule has 1 N–H and O–H groups in total. The Kier molecular flexibility index (Phi) is 4.29. The normalized spacial score (nSPS) is 10.5. The third kappa shape index (κ3) is 3.06. The fourth-order valence-electron chi connectivity index (χ4n) is 2.28. The summed E-state index contributed by atoms with van der Waals surface area (Å²) in [6.07, 6.45) is 3.95. The lowest BCUT2D eigenvalue weighted by Crippen LogP contribution is -2.13. The van der Waals surface area contributed by atoms with Gasteiger partial charge in [-0.05, 0) is 71.5 Å². The highest BCUT2D eigenvalue weighted by atomic mass is 127. The second kappa shape index (κ2) is 6.36. The Morgan fingerprint density at radius 3 is 2.50 bits per heavy atom. The molecule has 22 heavy (non-hydrogen) atoms. The van der Waals surface area contributed by atoms with Crippen LogP contribution in [0.2, 0.25) is 0 Å². The highest BCUT2D eigenvalue weighted by Crippen LogP contribution is 2.20. The first-order valence-corrected chi connectivity index (χ1v) is 8.03. The van der Waals surface area contributed by atoms with Crippen molar-refractivity contribution in [2.24, 2.45) is 0 Å². The van der Waals surface area contributed by atoms with Crippen molar-refractivity contribution in [3.63, 3.8) is 0 Å². The molecule has 0 spiro atoms. The monoisotopic (exact) mass is 402 g/mol. The first-order valence-electron chi connectivity index (χ1n) is 6.95.